The molecule has 0 radical (unpaired) electrons. The van der Waals surface area contributed by atoms with Gasteiger partial charge in [0.2, 0.25) is 0 Å². The molecule has 0 aliphatic carbocycles. The van der Waals surface area contributed by atoms with E-state index in [0.717, 1.165) is 18.2 Å². The van der Waals surface area contributed by atoms with Gasteiger partial charge in [-0.2, -0.15) is 0 Å². The molecule has 0 bridgehead atoms. The topological polar surface area (TPSA) is 28.2 Å². The van der Waals surface area contributed by atoms with E-state index >= 15 is 0 Å². The first-order valence-corrected chi connectivity index (χ1v) is 8.17. The molecular weight excluding hydrogens is 254 g/mol. The Balaban J connectivity index is 2.62. The van der Waals surface area contributed by atoms with Crippen molar-refractivity contribution in [3.05, 3.63) is 10.6 Å². The normalized spacial score (nSPS) is 13.0. The van der Waals surface area contributed by atoms with Crippen LogP contribution in [-0.4, -0.2) is 24.6 Å². The second-order valence-electron chi connectivity index (χ2n) is 5.78. The fourth-order valence-electron chi connectivity index (χ4n) is 2.00. The number of anilines is 1. The van der Waals surface area contributed by atoms with Crippen LogP contribution < -0.4 is 10.2 Å². The molecule has 0 aromatic carbocycles. The van der Waals surface area contributed by atoms with E-state index in [-0.39, 0.29) is 0 Å². The number of hydrogen-bond donors (Lipinski definition) is 1. The van der Waals surface area contributed by atoms with E-state index < -0.39 is 0 Å². The Bertz CT molecular complexity index is 373. The van der Waals surface area contributed by atoms with Gasteiger partial charge in [0.15, 0.2) is 5.13 Å². The highest BCUT2D eigenvalue weighted by atomic mass is 32.1. The third-order valence-corrected chi connectivity index (χ3v) is 4.64. The van der Waals surface area contributed by atoms with Gasteiger partial charge in [0.1, 0.15) is 0 Å². The van der Waals surface area contributed by atoms with Gasteiger partial charge in [0, 0.05) is 24.5 Å². The van der Waals surface area contributed by atoms with Gasteiger partial charge in [-0.15, -0.1) is 11.3 Å². The monoisotopic (exact) mass is 283 g/mol. The molecule has 0 spiro atoms. The van der Waals surface area contributed by atoms with E-state index in [4.69, 9.17) is 4.98 Å². The first-order valence-electron chi connectivity index (χ1n) is 7.35. The van der Waals surface area contributed by atoms with Crippen LogP contribution in [0.4, 0.5) is 5.13 Å². The van der Waals surface area contributed by atoms with Crippen molar-refractivity contribution < 1.29 is 0 Å². The second kappa shape index (κ2) is 7.85. The Kier molecular flexibility index (Phi) is 6.80. The van der Waals surface area contributed by atoms with Crippen molar-refractivity contribution in [3.8, 4) is 0 Å². The molecule has 0 aliphatic heterocycles. The van der Waals surface area contributed by atoms with Crippen molar-refractivity contribution in [1.29, 1.82) is 0 Å². The quantitative estimate of drug-likeness (QED) is 0.786. The number of rotatable bonds is 8. The molecule has 1 aromatic heterocycles. The number of hydrogen-bond acceptors (Lipinski definition) is 4. The minimum atomic E-state index is 0.562. The minimum Gasteiger partial charge on any atom is -0.348 e. The number of thiazole rings is 1. The van der Waals surface area contributed by atoms with E-state index in [2.05, 4.69) is 51.9 Å². The van der Waals surface area contributed by atoms with Gasteiger partial charge in [-0.05, 0) is 32.7 Å². The molecule has 0 saturated heterocycles. The van der Waals surface area contributed by atoms with Gasteiger partial charge in [-0.25, -0.2) is 4.98 Å². The summed E-state index contributed by atoms with van der Waals surface area (Å²) < 4.78 is 0. The fraction of sp³-hybridized carbons (Fsp3) is 0.800. The predicted molar refractivity (Wildman–Crippen MR) is 86.2 cm³/mol. The maximum Gasteiger partial charge on any atom is 0.185 e. The molecule has 1 N–H and O–H groups in total. The SMILES string of the molecule is CCCC(C)N(C)c1nc(C)c(CNCC(C)C)s1. The summed E-state index contributed by atoms with van der Waals surface area (Å²) in [6, 6.07) is 0.562. The van der Waals surface area contributed by atoms with Crippen LogP contribution in [0.1, 0.15) is 51.1 Å². The van der Waals surface area contributed by atoms with Crippen molar-refractivity contribution in [3.63, 3.8) is 0 Å². The summed E-state index contributed by atoms with van der Waals surface area (Å²) in [6.07, 6.45) is 2.44. The van der Waals surface area contributed by atoms with E-state index in [9.17, 15) is 0 Å². The molecule has 0 amide bonds. The molecule has 1 unspecified atom stereocenters. The number of aryl methyl sites for hydroxylation is 1. The Labute approximate surface area is 122 Å². The van der Waals surface area contributed by atoms with Crippen LogP contribution in [0.25, 0.3) is 0 Å². The van der Waals surface area contributed by atoms with Gasteiger partial charge in [-0.1, -0.05) is 27.2 Å². The molecule has 0 fully saturated rings. The Hall–Kier alpha value is -0.610. The zero-order valence-electron chi connectivity index (χ0n) is 13.3. The first-order chi connectivity index (χ1) is 8.95. The van der Waals surface area contributed by atoms with Crippen molar-refractivity contribution in [1.82, 2.24) is 10.3 Å². The molecule has 1 rings (SSSR count). The molecule has 0 aliphatic rings. The Morgan fingerprint density at radius 1 is 1.32 bits per heavy atom. The average Bonchev–Trinajstić information content (AvgIpc) is 2.70. The zero-order valence-corrected chi connectivity index (χ0v) is 14.1. The van der Waals surface area contributed by atoms with Crippen molar-refractivity contribution in [2.45, 2.75) is 60.0 Å². The van der Waals surface area contributed by atoms with Crippen molar-refractivity contribution in [2.24, 2.45) is 5.92 Å². The van der Waals surface area contributed by atoms with Crippen LogP contribution >= 0.6 is 11.3 Å². The standard InChI is InChI=1S/C15H29N3S/c1-7-8-12(4)18(6)15-17-13(5)14(19-15)10-16-9-11(2)3/h11-12,16H,7-10H2,1-6H3. The van der Waals surface area contributed by atoms with E-state index in [1.165, 1.54) is 23.4 Å². The van der Waals surface area contributed by atoms with Crippen LogP contribution in [0.2, 0.25) is 0 Å². The summed E-state index contributed by atoms with van der Waals surface area (Å²) in [5.41, 5.74) is 1.17. The third-order valence-electron chi connectivity index (χ3n) is 3.39. The lowest BCUT2D eigenvalue weighted by Gasteiger charge is -2.23. The molecule has 1 atom stereocenters. The van der Waals surface area contributed by atoms with Gasteiger partial charge >= 0.3 is 0 Å². The molecule has 110 valence electrons. The third kappa shape index (κ3) is 5.11. The summed E-state index contributed by atoms with van der Waals surface area (Å²) in [6.45, 7) is 13.1. The smallest absolute Gasteiger partial charge is 0.185 e. The lowest BCUT2D eigenvalue weighted by atomic mass is 10.2. The zero-order chi connectivity index (χ0) is 14.4. The Morgan fingerprint density at radius 2 is 2.00 bits per heavy atom. The summed E-state index contributed by atoms with van der Waals surface area (Å²) in [4.78, 5) is 8.40. The second-order valence-corrected chi connectivity index (χ2v) is 6.84. The van der Waals surface area contributed by atoms with E-state index in [0.29, 0.717) is 12.0 Å². The van der Waals surface area contributed by atoms with Gasteiger partial charge in [-0.3, -0.25) is 0 Å². The molecule has 3 nitrogen and oxygen atoms in total. The highest BCUT2D eigenvalue weighted by molar-refractivity contribution is 7.15. The Morgan fingerprint density at radius 3 is 2.58 bits per heavy atom. The lowest BCUT2D eigenvalue weighted by Crippen LogP contribution is -2.28. The van der Waals surface area contributed by atoms with Gasteiger partial charge in [0.25, 0.3) is 0 Å². The summed E-state index contributed by atoms with van der Waals surface area (Å²) >= 11 is 1.83. The van der Waals surface area contributed by atoms with E-state index in [1.807, 2.05) is 11.3 Å². The molecule has 1 heterocycles. The fourth-order valence-corrected chi connectivity index (χ4v) is 3.10. The number of nitrogens with one attached hydrogen (secondary N) is 1. The van der Waals surface area contributed by atoms with E-state index in [1.54, 1.807) is 0 Å². The predicted octanol–water partition coefficient (Wildman–Crippen LogP) is 3.82. The van der Waals surface area contributed by atoms with Crippen molar-refractivity contribution >= 4 is 16.5 Å². The molecule has 0 saturated carbocycles. The number of aromatic nitrogens is 1. The van der Waals surface area contributed by atoms with Crippen molar-refractivity contribution in [2.75, 3.05) is 18.5 Å². The molecule has 4 heteroatoms. The first kappa shape index (κ1) is 16.4. The maximum absolute atomic E-state index is 4.72. The largest absolute Gasteiger partial charge is 0.348 e. The minimum absolute atomic E-state index is 0.562. The highest BCUT2D eigenvalue weighted by Gasteiger charge is 2.15. The summed E-state index contributed by atoms with van der Waals surface area (Å²) in [5, 5.41) is 4.65. The highest BCUT2D eigenvalue weighted by Crippen LogP contribution is 2.27. The lowest BCUT2D eigenvalue weighted by molar-refractivity contribution is 0.554. The van der Waals surface area contributed by atoms with Crippen LogP contribution in [0.3, 0.4) is 0 Å². The average molecular weight is 283 g/mol. The van der Waals surface area contributed by atoms with Crippen LogP contribution in [0, 0.1) is 12.8 Å². The van der Waals surface area contributed by atoms with Crippen LogP contribution in [0.15, 0.2) is 0 Å². The maximum atomic E-state index is 4.72. The molecule has 19 heavy (non-hydrogen) atoms. The molecule has 1 aromatic rings. The van der Waals surface area contributed by atoms with Gasteiger partial charge in [0.05, 0.1) is 5.69 Å². The van der Waals surface area contributed by atoms with Gasteiger partial charge < -0.3 is 10.2 Å². The molecular formula is C15H29N3S. The number of nitrogens with zero attached hydrogens (tertiary/aromatic N) is 2. The van der Waals surface area contributed by atoms with Crippen LogP contribution in [-0.2, 0) is 6.54 Å². The van der Waals surface area contributed by atoms with Crippen LogP contribution in [0.5, 0.6) is 0 Å². The summed E-state index contributed by atoms with van der Waals surface area (Å²) in [7, 11) is 2.16. The summed E-state index contributed by atoms with van der Waals surface area (Å²) in [5.74, 6) is 0.694.